The molecule has 1 aromatic carbocycles. The predicted molar refractivity (Wildman–Crippen MR) is 79.2 cm³/mol. The van der Waals surface area contributed by atoms with Crippen molar-refractivity contribution < 1.29 is 9.53 Å². The van der Waals surface area contributed by atoms with Crippen LogP contribution in [0.25, 0.3) is 10.9 Å². The Morgan fingerprint density at radius 3 is 2.50 bits per heavy atom. The molecule has 2 aromatic rings. The van der Waals surface area contributed by atoms with Crippen LogP contribution >= 0.6 is 0 Å². The fraction of sp³-hybridized carbons (Fsp3) is 0.375. The van der Waals surface area contributed by atoms with E-state index >= 15 is 0 Å². The maximum atomic E-state index is 12.4. The molecule has 0 aliphatic carbocycles. The average molecular weight is 273 g/mol. The zero-order chi connectivity index (χ0) is 14.9. The monoisotopic (exact) mass is 273 g/mol. The second kappa shape index (κ2) is 5.12. The number of ether oxygens (including phenoxy) is 1. The van der Waals surface area contributed by atoms with Crippen LogP contribution in [0.2, 0.25) is 0 Å². The van der Waals surface area contributed by atoms with E-state index in [1.807, 2.05) is 37.5 Å². The number of hydrogen-bond donors (Lipinski definition) is 0. The minimum absolute atomic E-state index is 0.0838. The average Bonchev–Trinajstić information content (AvgIpc) is 2.38. The van der Waals surface area contributed by atoms with Crippen molar-refractivity contribution in [3.8, 4) is 0 Å². The molecule has 0 saturated carbocycles. The molecule has 4 heteroatoms. The Morgan fingerprint density at radius 1 is 1.25 bits per heavy atom. The van der Waals surface area contributed by atoms with Crippen LogP contribution in [0.1, 0.15) is 38.1 Å². The van der Waals surface area contributed by atoms with E-state index in [1.54, 1.807) is 25.3 Å². The highest BCUT2D eigenvalue weighted by Gasteiger charge is 2.21. The number of para-hydroxylation sites is 1. The zero-order valence-corrected chi connectivity index (χ0v) is 12.3. The van der Waals surface area contributed by atoms with Gasteiger partial charge in [-0.05, 0) is 39.8 Å². The molecule has 0 saturated heterocycles. The number of carbonyl (C=O) groups excluding carboxylic acids is 1. The lowest BCUT2D eigenvalue weighted by Crippen LogP contribution is -2.28. The van der Waals surface area contributed by atoms with Crippen molar-refractivity contribution in [2.24, 2.45) is 0 Å². The van der Waals surface area contributed by atoms with Crippen molar-refractivity contribution in [2.75, 3.05) is 6.61 Å². The third-order valence-electron chi connectivity index (χ3n) is 3.13. The van der Waals surface area contributed by atoms with Crippen LogP contribution in [0.5, 0.6) is 0 Å². The molecule has 0 aliphatic rings. The van der Waals surface area contributed by atoms with Crippen LogP contribution in [-0.2, 0) is 10.3 Å². The number of hydrogen-bond acceptors (Lipinski definition) is 3. The van der Waals surface area contributed by atoms with Crippen molar-refractivity contribution in [1.82, 2.24) is 4.57 Å². The number of aromatic nitrogens is 1. The molecule has 0 fully saturated rings. The largest absolute Gasteiger partial charge is 0.462 e. The first-order chi connectivity index (χ1) is 9.36. The highest BCUT2D eigenvalue weighted by Crippen LogP contribution is 2.21. The van der Waals surface area contributed by atoms with E-state index in [0.717, 1.165) is 5.52 Å². The summed E-state index contributed by atoms with van der Waals surface area (Å²) in [7, 11) is 0. The molecule has 0 spiro atoms. The van der Waals surface area contributed by atoms with Crippen LogP contribution < -0.4 is 5.43 Å². The lowest BCUT2D eigenvalue weighted by Gasteiger charge is -2.26. The van der Waals surface area contributed by atoms with Gasteiger partial charge in [-0.15, -0.1) is 0 Å². The van der Waals surface area contributed by atoms with Gasteiger partial charge in [0.25, 0.3) is 0 Å². The summed E-state index contributed by atoms with van der Waals surface area (Å²) in [6.45, 7) is 8.05. The summed E-state index contributed by atoms with van der Waals surface area (Å²) in [5.74, 6) is -0.568. The van der Waals surface area contributed by atoms with E-state index in [-0.39, 0.29) is 23.1 Å². The van der Waals surface area contributed by atoms with Gasteiger partial charge in [0, 0.05) is 17.1 Å². The molecule has 20 heavy (non-hydrogen) atoms. The van der Waals surface area contributed by atoms with Crippen LogP contribution in [0, 0.1) is 0 Å². The summed E-state index contributed by atoms with van der Waals surface area (Å²) in [5.41, 5.74) is 0.382. The Labute approximate surface area is 118 Å². The Kier molecular flexibility index (Phi) is 3.66. The number of esters is 1. The first-order valence-electron chi connectivity index (χ1n) is 6.68. The van der Waals surface area contributed by atoms with E-state index < -0.39 is 5.97 Å². The predicted octanol–water partition coefficient (Wildman–Crippen LogP) is 2.93. The molecule has 0 atom stereocenters. The second-order valence-corrected chi connectivity index (χ2v) is 5.65. The first-order valence-corrected chi connectivity index (χ1v) is 6.68. The molecule has 2 rings (SSSR count). The van der Waals surface area contributed by atoms with Crippen LogP contribution in [0.4, 0.5) is 0 Å². The summed E-state index contributed by atoms with van der Waals surface area (Å²) in [6.07, 6.45) is 1.60. The van der Waals surface area contributed by atoms with Gasteiger partial charge in [-0.2, -0.15) is 0 Å². The van der Waals surface area contributed by atoms with E-state index in [1.165, 1.54) is 0 Å². The number of nitrogens with zero attached hydrogens (tertiary/aromatic N) is 1. The quantitative estimate of drug-likeness (QED) is 0.790. The Morgan fingerprint density at radius 2 is 1.90 bits per heavy atom. The minimum atomic E-state index is -0.568. The molecule has 1 heterocycles. The molecular formula is C16H19NO3. The maximum absolute atomic E-state index is 12.4. The van der Waals surface area contributed by atoms with Gasteiger partial charge in [-0.1, -0.05) is 12.1 Å². The zero-order valence-electron chi connectivity index (χ0n) is 12.3. The van der Waals surface area contributed by atoms with Crippen molar-refractivity contribution in [1.29, 1.82) is 0 Å². The fourth-order valence-corrected chi connectivity index (χ4v) is 2.19. The van der Waals surface area contributed by atoms with E-state index in [9.17, 15) is 9.59 Å². The summed E-state index contributed by atoms with van der Waals surface area (Å²) < 4.78 is 6.91. The highest BCUT2D eigenvalue weighted by molar-refractivity contribution is 5.93. The molecule has 0 unspecified atom stereocenters. The van der Waals surface area contributed by atoms with Crippen LogP contribution in [0.15, 0.2) is 35.3 Å². The van der Waals surface area contributed by atoms with Gasteiger partial charge in [0.05, 0.1) is 12.1 Å². The lowest BCUT2D eigenvalue weighted by molar-refractivity contribution is 0.0524. The van der Waals surface area contributed by atoms with Crippen molar-refractivity contribution in [3.63, 3.8) is 0 Å². The van der Waals surface area contributed by atoms with Gasteiger partial charge in [0.15, 0.2) is 0 Å². The van der Waals surface area contributed by atoms with Gasteiger partial charge >= 0.3 is 5.97 Å². The first kappa shape index (κ1) is 14.3. The number of carbonyl (C=O) groups is 1. The summed E-state index contributed by atoms with van der Waals surface area (Å²) in [5, 5.41) is 0.535. The molecule has 1 aromatic heterocycles. The van der Waals surface area contributed by atoms with Gasteiger partial charge < -0.3 is 9.30 Å². The molecular weight excluding hydrogens is 254 g/mol. The molecule has 0 radical (unpaired) electrons. The number of pyridine rings is 1. The third-order valence-corrected chi connectivity index (χ3v) is 3.13. The van der Waals surface area contributed by atoms with Crippen molar-refractivity contribution in [3.05, 3.63) is 46.2 Å². The number of rotatable bonds is 2. The second-order valence-electron chi connectivity index (χ2n) is 5.65. The smallest absolute Gasteiger partial charge is 0.343 e. The summed E-state index contributed by atoms with van der Waals surface area (Å²) >= 11 is 0. The summed E-state index contributed by atoms with van der Waals surface area (Å²) in [4.78, 5) is 24.4. The molecule has 0 amide bonds. The number of fused-ring (bicyclic) bond motifs is 1. The molecule has 0 aliphatic heterocycles. The Bertz CT molecular complexity index is 708. The van der Waals surface area contributed by atoms with E-state index in [4.69, 9.17) is 4.74 Å². The standard InChI is InChI=1S/C16H19NO3/c1-5-20-15(19)12-10-17(16(2,3)4)13-9-7-6-8-11(13)14(12)18/h6-10H,5H2,1-4H3. The van der Waals surface area contributed by atoms with Gasteiger partial charge in [-0.3, -0.25) is 4.79 Å². The molecule has 106 valence electrons. The Hall–Kier alpha value is -2.10. The van der Waals surface area contributed by atoms with Crippen LogP contribution in [-0.4, -0.2) is 17.1 Å². The SMILES string of the molecule is CCOC(=O)c1cn(C(C)(C)C)c2ccccc2c1=O. The van der Waals surface area contributed by atoms with Gasteiger partial charge in [0.2, 0.25) is 5.43 Å². The van der Waals surface area contributed by atoms with Crippen molar-refractivity contribution in [2.45, 2.75) is 33.2 Å². The van der Waals surface area contributed by atoms with Gasteiger partial charge in [-0.25, -0.2) is 4.79 Å². The van der Waals surface area contributed by atoms with Crippen LogP contribution in [0.3, 0.4) is 0 Å². The third kappa shape index (κ3) is 2.46. The Balaban J connectivity index is 2.82. The van der Waals surface area contributed by atoms with Gasteiger partial charge in [0.1, 0.15) is 5.56 Å². The fourth-order valence-electron chi connectivity index (χ4n) is 2.19. The normalized spacial score (nSPS) is 11.6. The van der Waals surface area contributed by atoms with E-state index in [2.05, 4.69) is 0 Å². The van der Waals surface area contributed by atoms with E-state index in [0.29, 0.717) is 5.39 Å². The highest BCUT2D eigenvalue weighted by atomic mass is 16.5. The minimum Gasteiger partial charge on any atom is -0.462 e. The van der Waals surface area contributed by atoms with Crippen molar-refractivity contribution >= 4 is 16.9 Å². The topological polar surface area (TPSA) is 48.3 Å². The molecule has 4 nitrogen and oxygen atoms in total. The molecule has 0 bridgehead atoms. The number of benzene rings is 1. The molecule has 0 N–H and O–H groups in total. The maximum Gasteiger partial charge on any atom is 0.343 e. The summed E-state index contributed by atoms with van der Waals surface area (Å²) in [6, 6.07) is 7.30. The lowest BCUT2D eigenvalue weighted by atomic mass is 10.0.